The lowest BCUT2D eigenvalue weighted by molar-refractivity contribution is -0.0779. The van der Waals surface area contributed by atoms with Crippen LogP contribution in [-0.4, -0.2) is 38.3 Å². The van der Waals surface area contributed by atoms with Crippen LogP contribution in [0, 0.1) is 0 Å². The van der Waals surface area contributed by atoms with Crippen molar-refractivity contribution in [1.29, 1.82) is 0 Å². The van der Waals surface area contributed by atoms with E-state index in [1.807, 2.05) is 6.92 Å². The van der Waals surface area contributed by atoms with E-state index < -0.39 is 0 Å². The van der Waals surface area contributed by atoms with Gasteiger partial charge >= 0.3 is 0 Å². The highest BCUT2D eigenvalue weighted by atomic mass is 32.2. The molecular weight excluding hydrogens is 164 g/mol. The van der Waals surface area contributed by atoms with Crippen molar-refractivity contribution in [1.82, 2.24) is 0 Å². The third kappa shape index (κ3) is 2.08. The van der Waals surface area contributed by atoms with Crippen LogP contribution in [0.5, 0.6) is 0 Å². The fraction of sp³-hybridized carbons (Fsp3) is 1.00. The summed E-state index contributed by atoms with van der Waals surface area (Å²) in [7, 11) is 3.39. The largest absolute Gasteiger partial charge is 0.378 e. The van der Waals surface area contributed by atoms with Gasteiger partial charge in [0, 0.05) is 20.0 Å². The molecule has 0 amide bonds. The van der Waals surface area contributed by atoms with Gasteiger partial charge in [0.15, 0.2) is 0 Å². The van der Waals surface area contributed by atoms with Gasteiger partial charge in [0.25, 0.3) is 0 Å². The van der Waals surface area contributed by atoms with E-state index in [1.54, 1.807) is 14.2 Å². The highest BCUT2D eigenvalue weighted by molar-refractivity contribution is 7.94. The van der Waals surface area contributed by atoms with Gasteiger partial charge in [0.05, 0.1) is 12.2 Å². The Morgan fingerprint density at radius 2 is 2.09 bits per heavy atom. The first-order valence-electron chi connectivity index (χ1n) is 3.63. The Kier molecular flexibility index (Phi) is 3.65. The van der Waals surface area contributed by atoms with Crippen LogP contribution in [0.15, 0.2) is 0 Å². The third-order valence-electron chi connectivity index (χ3n) is 1.86. The lowest BCUT2D eigenvalue weighted by Gasteiger charge is -2.33. The Bertz CT molecular complexity index is 120. The Hall–Kier alpha value is 0.230. The fourth-order valence-electron chi connectivity index (χ4n) is 1.21. The summed E-state index contributed by atoms with van der Waals surface area (Å²) in [5.74, 6) is 0.847. The van der Waals surface area contributed by atoms with Gasteiger partial charge < -0.3 is 13.7 Å². The Balaban J connectivity index is 2.48. The summed E-state index contributed by atoms with van der Waals surface area (Å²) in [6.45, 7) is 1.99. The van der Waals surface area contributed by atoms with Crippen molar-refractivity contribution in [2.45, 2.75) is 25.2 Å². The van der Waals surface area contributed by atoms with E-state index in [1.165, 1.54) is 12.0 Å². The first-order chi connectivity index (χ1) is 5.29. The van der Waals surface area contributed by atoms with E-state index in [0.29, 0.717) is 0 Å². The summed E-state index contributed by atoms with van der Waals surface area (Å²) in [6.07, 6.45) is 0.346. The van der Waals surface area contributed by atoms with E-state index in [4.69, 9.17) is 13.7 Å². The summed E-state index contributed by atoms with van der Waals surface area (Å²) in [4.78, 5) is 0. The van der Waals surface area contributed by atoms with E-state index in [0.717, 1.165) is 5.75 Å². The van der Waals surface area contributed by atoms with E-state index in [9.17, 15) is 0 Å². The Morgan fingerprint density at radius 3 is 2.55 bits per heavy atom. The van der Waals surface area contributed by atoms with Crippen molar-refractivity contribution in [3.63, 3.8) is 0 Å². The van der Waals surface area contributed by atoms with Gasteiger partial charge in [-0.15, -0.1) is 0 Å². The molecule has 1 saturated heterocycles. The molecular formula is C7H14O3S. The normalized spacial score (nSPS) is 39.0. The number of ether oxygens (including phenoxy) is 2. The molecule has 1 rings (SSSR count). The highest BCUT2D eigenvalue weighted by Crippen LogP contribution is 2.24. The van der Waals surface area contributed by atoms with Crippen LogP contribution in [0.25, 0.3) is 0 Å². The zero-order valence-electron chi connectivity index (χ0n) is 7.07. The maximum Gasteiger partial charge on any atom is 0.111 e. The zero-order chi connectivity index (χ0) is 8.27. The number of methoxy groups -OCH3 is 2. The van der Waals surface area contributed by atoms with E-state index in [2.05, 4.69) is 0 Å². The van der Waals surface area contributed by atoms with Crippen LogP contribution in [0.1, 0.15) is 6.92 Å². The summed E-state index contributed by atoms with van der Waals surface area (Å²) >= 11 is 1.45. The molecule has 0 aromatic rings. The SMILES string of the molecule is CO[C@H]1[C@H](C)OSC[C@@H]1OC. The molecule has 0 N–H and O–H groups in total. The second-order valence-corrected chi connectivity index (χ2v) is 3.32. The summed E-state index contributed by atoms with van der Waals surface area (Å²) in [6, 6.07) is 0. The second-order valence-electron chi connectivity index (χ2n) is 2.56. The monoisotopic (exact) mass is 178 g/mol. The summed E-state index contributed by atoms with van der Waals surface area (Å²) in [5, 5.41) is 0. The van der Waals surface area contributed by atoms with Crippen molar-refractivity contribution in [2.24, 2.45) is 0 Å². The van der Waals surface area contributed by atoms with Crippen LogP contribution in [-0.2, 0) is 13.7 Å². The third-order valence-corrected chi connectivity index (χ3v) is 2.76. The number of rotatable bonds is 2. The van der Waals surface area contributed by atoms with Crippen molar-refractivity contribution < 1.29 is 13.7 Å². The van der Waals surface area contributed by atoms with Gasteiger partial charge in [-0.3, -0.25) is 0 Å². The molecule has 11 heavy (non-hydrogen) atoms. The first-order valence-corrected chi connectivity index (χ1v) is 4.54. The van der Waals surface area contributed by atoms with Gasteiger partial charge in [0.2, 0.25) is 0 Å². The molecule has 0 unspecified atom stereocenters. The van der Waals surface area contributed by atoms with Crippen LogP contribution in [0.4, 0.5) is 0 Å². The molecule has 0 spiro atoms. The minimum atomic E-state index is 0.0706. The average Bonchev–Trinajstić information content (AvgIpc) is 2.04. The van der Waals surface area contributed by atoms with Gasteiger partial charge in [0.1, 0.15) is 6.10 Å². The molecule has 1 heterocycles. The predicted molar refractivity (Wildman–Crippen MR) is 44.6 cm³/mol. The summed E-state index contributed by atoms with van der Waals surface area (Å²) in [5.41, 5.74) is 0. The number of hydrogen-bond acceptors (Lipinski definition) is 4. The molecule has 0 radical (unpaired) electrons. The quantitative estimate of drug-likeness (QED) is 0.591. The van der Waals surface area contributed by atoms with E-state index in [-0.39, 0.29) is 18.3 Å². The zero-order valence-corrected chi connectivity index (χ0v) is 7.89. The highest BCUT2D eigenvalue weighted by Gasteiger charge is 2.32. The molecule has 1 aliphatic heterocycles. The van der Waals surface area contributed by atoms with Crippen LogP contribution >= 0.6 is 12.0 Å². The summed E-state index contributed by atoms with van der Waals surface area (Å²) < 4.78 is 15.8. The number of hydrogen-bond donors (Lipinski definition) is 0. The Labute approximate surface area is 71.6 Å². The molecule has 3 nitrogen and oxygen atoms in total. The topological polar surface area (TPSA) is 27.7 Å². The predicted octanol–water partition coefficient (Wildman–Crippen LogP) is 1.08. The first kappa shape index (κ1) is 9.32. The maximum absolute atomic E-state index is 5.33. The second kappa shape index (κ2) is 4.30. The van der Waals surface area contributed by atoms with Crippen LogP contribution in [0.3, 0.4) is 0 Å². The smallest absolute Gasteiger partial charge is 0.111 e. The Morgan fingerprint density at radius 1 is 1.36 bits per heavy atom. The van der Waals surface area contributed by atoms with Crippen molar-refractivity contribution in [2.75, 3.05) is 20.0 Å². The van der Waals surface area contributed by atoms with Crippen molar-refractivity contribution >= 4 is 12.0 Å². The molecule has 4 heteroatoms. The van der Waals surface area contributed by atoms with Gasteiger partial charge in [-0.2, -0.15) is 0 Å². The lowest BCUT2D eigenvalue weighted by atomic mass is 10.1. The van der Waals surface area contributed by atoms with Gasteiger partial charge in [-0.25, -0.2) is 0 Å². The van der Waals surface area contributed by atoms with Crippen LogP contribution < -0.4 is 0 Å². The standard InChI is InChI=1S/C7H14O3S/c1-5-7(9-3)6(8-2)4-11-10-5/h5-7H,4H2,1-3H3/t5-,6-,7-/m0/s1. The molecule has 1 fully saturated rings. The molecule has 0 saturated carbocycles. The minimum Gasteiger partial charge on any atom is -0.378 e. The van der Waals surface area contributed by atoms with Crippen LogP contribution in [0.2, 0.25) is 0 Å². The van der Waals surface area contributed by atoms with Gasteiger partial charge in [-0.1, -0.05) is 0 Å². The maximum atomic E-state index is 5.33. The van der Waals surface area contributed by atoms with Crippen molar-refractivity contribution in [3.8, 4) is 0 Å². The molecule has 1 aliphatic rings. The molecule has 0 aromatic heterocycles. The van der Waals surface area contributed by atoms with Gasteiger partial charge in [-0.05, 0) is 19.0 Å². The molecule has 3 atom stereocenters. The molecule has 0 aliphatic carbocycles. The molecule has 0 bridgehead atoms. The molecule has 0 aromatic carbocycles. The minimum absolute atomic E-state index is 0.0706. The lowest BCUT2D eigenvalue weighted by Crippen LogP contribution is -2.44. The van der Waals surface area contributed by atoms with Crippen molar-refractivity contribution in [3.05, 3.63) is 0 Å². The van der Waals surface area contributed by atoms with E-state index >= 15 is 0 Å². The fourth-order valence-corrected chi connectivity index (χ4v) is 2.07. The average molecular weight is 178 g/mol. The molecule has 66 valence electrons.